The van der Waals surface area contributed by atoms with Crippen molar-refractivity contribution in [1.82, 2.24) is 0 Å². The van der Waals surface area contributed by atoms with Crippen molar-refractivity contribution >= 4 is 31.0 Å². The first kappa shape index (κ1) is 21.1. The maximum absolute atomic E-state index is 12.8. The number of benzene rings is 2. The lowest BCUT2D eigenvalue weighted by molar-refractivity contribution is -0.115. The molecule has 7 heteroatoms. The highest BCUT2D eigenvalue weighted by atomic mass is 32.2. The second-order valence-electron chi connectivity index (χ2n) is 6.49. The van der Waals surface area contributed by atoms with Crippen LogP contribution in [0, 0.1) is 0 Å². The van der Waals surface area contributed by atoms with Gasteiger partial charge < -0.3 is 14.4 Å². The van der Waals surface area contributed by atoms with Gasteiger partial charge in [-0.15, -0.1) is 11.8 Å². The zero-order valence-electron chi connectivity index (χ0n) is 16.2. The van der Waals surface area contributed by atoms with Crippen LogP contribution in [0.15, 0.2) is 48.5 Å². The Morgan fingerprint density at radius 2 is 1.79 bits per heavy atom. The first-order valence-corrected chi connectivity index (χ1v) is 12.3. The topological polar surface area (TPSA) is 64.6 Å². The monoisotopic (exact) mass is 419 g/mol. The van der Waals surface area contributed by atoms with E-state index in [1.165, 1.54) is 5.56 Å². The molecule has 1 heterocycles. The van der Waals surface area contributed by atoms with E-state index in [0.29, 0.717) is 13.2 Å². The fourth-order valence-corrected chi connectivity index (χ4v) is 6.15. The minimum atomic E-state index is -3.13. The van der Waals surface area contributed by atoms with Crippen LogP contribution in [0.2, 0.25) is 0 Å². The second kappa shape index (κ2) is 9.75. The highest BCUT2D eigenvalue weighted by molar-refractivity contribution is 8.00. The Morgan fingerprint density at radius 3 is 2.46 bits per heavy atom. The Kier molecular flexibility index (Phi) is 7.36. The number of thioether (sulfide) groups is 1. The molecule has 0 spiro atoms. The summed E-state index contributed by atoms with van der Waals surface area (Å²) in [5.41, 5.74) is 3.92. The van der Waals surface area contributed by atoms with Crippen LogP contribution in [0.3, 0.4) is 0 Å². The molecule has 1 aliphatic heterocycles. The third-order valence-electron chi connectivity index (χ3n) is 4.48. The molecule has 1 atom stereocenters. The summed E-state index contributed by atoms with van der Waals surface area (Å²) >= 11 is 1.67. The van der Waals surface area contributed by atoms with Gasteiger partial charge in [-0.1, -0.05) is 36.4 Å². The van der Waals surface area contributed by atoms with Gasteiger partial charge in [0, 0.05) is 5.69 Å². The number of aryl methyl sites for hydroxylation is 1. The van der Waals surface area contributed by atoms with E-state index < -0.39 is 7.60 Å². The first-order valence-electron chi connectivity index (χ1n) is 9.52. The molecule has 0 aromatic heterocycles. The summed E-state index contributed by atoms with van der Waals surface area (Å²) in [7, 11) is -3.13. The molecule has 1 aliphatic rings. The van der Waals surface area contributed by atoms with Crippen molar-refractivity contribution in [3.63, 3.8) is 0 Å². The molecule has 3 rings (SSSR count). The summed E-state index contributed by atoms with van der Waals surface area (Å²) in [6, 6.07) is 15.5. The van der Waals surface area contributed by atoms with E-state index in [4.69, 9.17) is 9.05 Å². The van der Waals surface area contributed by atoms with E-state index in [1.54, 1.807) is 25.6 Å². The van der Waals surface area contributed by atoms with Crippen LogP contribution >= 0.6 is 19.4 Å². The van der Waals surface area contributed by atoms with E-state index in [2.05, 4.69) is 11.4 Å². The molecule has 0 saturated carbocycles. The van der Waals surface area contributed by atoms with Crippen LogP contribution in [0.5, 0.6) is 0 Å². The zero-order valence-corrected chi connectivity index (χ0v) is 17.9. The number of carbonyl (C=O) groups excluding carboxylic acids is 1. The first-order chi connectivity index (χ1) is 13.5. The minimum absolute atomic E-state index is 0.0146. The number of carbonyl (C=O) groups is 1. The van der Waals surface area contributed by atoms with Crippen LogP contribution in [0.1, 0.15) is 35.8 Å². The van der Waals surface area contributed by atoms with E-state index in [-0.39, 0.29) is 17.3 Å². The summed E-state index contributed by atoms with van der Waals surface area (Å²) in [5.74, 6) is 0.928. The van der Waals surface area contributed by atoms with Gasteiger partial charge in [0.2, 0.25) is 5.91 Å². The molecule has 28 heavy (non-hydrogen) atoms. The number of amides is 1. The van der Waals surface area contributed by atoms with Crippen molar-refractivity contribution < 1.29 is 18.4 Å². The number of hydrogen-bond donors (Lipinski definition) is 1. The Hall–Kier alpha value is -1.59. The third kappa shape index (κ3) is 5.26. The van der Waals surface area contributed by atoms with Crippen LogP contribution in [-0.2, 0) is 31.0 Å². The number of nitrogens with one attached hydrogen (secondary N) is 1. The Morgan fingerprint density at radius 1 is 1.11 bits per heavy atom. The predicted octanol–water partition coefficient (Wildman–Crippen LogP) is 5.42. The average Bonchev–Trinajstić information content (AvgIpc) is 2.69. The molecule has 0 bridgehead atoms. The van der Waals surface area contributed by atoms with Gasteiger partial charge in [-0.2, -0.15) is 0 Å². The van der Waals surface area contributed by atoms with Crippen molar-refractivity contribution in [2.75, 3.05) is 24.3 Å². The molecule has 0 radical (unpaired) electrons. The lowest BCUT2D eigenvalue weighted by Gasteiger charge is -2.24. The number of fused-ring (bicyclic) bond motifs is 1. The lowest BCUT2D eigenvalue weighted by Crippen LogP contribution is -2.23. The summed E-state index contributed by atoms with van der Waals surface area (Å²) in [6.07, 6.45) is 1.22. The molecule has 5 nitrogen and oxygen atoms in total. The maximum atomic E-state index is 12.8. The molecule has 0 fully saturated rings. The van der Waals surface area contributed by atoms with Gasteiger partial charge in [-0.05, 0) is 54.8 Å². The van der Waals surface area contributed by atoms with Gasteiger partial charge in [0.05, 0.1) is 19.4 Å². The van der Waals surface area contributed by atoms with Crippen LogP contribution in [-0.4, -0.2) is 24.9 Å². The zero-order chi connectivity index (χ0) is 20.0. The van der Waals surface area contributed by atoms with E-state index in [1.807, 2.05) is 42.5 Å². The molecule has 1 unspecified atom stereocenters. The van der Waals surface area contributed by atoms with Crippen molar-refractivity contribution in [1.29, 1.82) is 0 Å². The third-order valence-corrected chi connectivity index (χ3v) is 7.78. The summed E-state index contributed by atoms with van der Waals surface area (Å²) < 4.78 is 23.3. The van der Waals surface area contributed by atoms with Crippen molar-refractivity contribution in [2.24, 2.45) is 0 Å². The predicted molar refractivity (Wildman–Crippen MR) is 115 cm³/mol. The van der Waals surface area contributed by atoms with Gasteiger partial charge in [-0.25, -0.2) is 0 Å². The quantitative estimate of drug-likeness (QED) is 0.579. The molecule has 1 amide bonds. The van der Waals surface area contributed by atoms with Crippen molar-refractivity contribution in [3.05, 3.63) is 65.2 Å². The molecular formula is C21H26NO4PS. The smallest absolute Gasteiger partial charge is 0.325 e. The highest BCUT2D eigenvalue weighted by Gasteiger charge is 2.27. The second-order valence-corrected chi connectivity index (χ2v) is 9.76. The van der Waals surface area contributed by atoms with Gasteiger partial charge >= 0.3 is 7.60 Å². The number of anilines is 1. The maximum Gasteiger partial charge on any atom is 0.335 e. The molecule has 1 N–H and O–H groups in total. The molecule has 0 aliphatic carbocycles. The molecule has 2 aromatic rings. The fraction of sp³-hybridized carbons (Fsp3) is 0.381. The summed E-state index contributed by atoms with van der Waals surface area (Å²) in [5, 5.41) is 2.81. The van der Waals surface area contributed by atoms with E-state index in [9.17, 15) is 9.36 Å². The van der Waals surface area contributed by atoms with Gasteiger partial charge in [0.1, 0.15) is 5.25 Å². The minimum Gasteiger partial charge on any atom is -0.325 e. The summed E-state index contributed by atoms with van der Waals surface area (Å²) in [4.78, 5) is 12.8. The SMILES string of the molecule is CCOP(=O)(Cc1ccc(NC(=O)C2SCCc3ccccc32)cc1)OCC. The largest absolute Gasteiger partial charge is 0.335 e. The standard InChI is InChI=1S/C21H26NO4PS/c1-3-25-27(24,26-4-2)15-16-9-11-18(12-10-16)22-21(23)20-19-8-6-5-7-17(19)13-14-28-20/h5-12,20H,3-4,13-15H2,1-2H3,(H,22,23). The van der Waals surface area contributed by atoms with Crippen LogP contribution in [0.25, 0.3) is 0 Å². The molecule has 150 valence electrons. The summed E-state index contributed by atoms with van der Waals surface area (Å²) in [6.45, 7) is 4.27. The number of hydrogen-bond acceptors (Lipinski definition) is 5. The molecule has 2 aromatic carbocycles. The Balaban J connectivity index is 1.66. The fourth-order valence-electron chi connectivity index (χ4n) is 3.26. The Labute approximate surface area is 170 Å². The van der Waals surface area contributed by atoms with E-state index >= 15 is 0 Å². The van der Waals surface area contributed by atoms with Crippen molar-refractivity contribution in [3.8, 4) is 0 Å². The van der Waals surface area contributed by atoms with Crippen molar-refractivity contribution in [2.45, 2.75) is 31.7 Å². The van der Waals surface area contributed by atoms with Gasteiger partial charge in [-0.3, -0.25) is 9.36 Å². The van der Waals surface area contributed by atoms with Gasteiger partial charge in [0.15, 0.2) is 0 Å². The number of rotatable bonds is 8. The van der Waals surface area contributed by atoms with Crippen LogP contribution < -0.4 is 5.32 Å². The molecular weight excluding hydrogens is 393 g/mol. The highest BCUT2D eigenvalue weighted by Crippen LogP contribution is 2.51. The average molecular weight is 419 g/mol. The van der Waals surface area contributed by atoms with E-state index in [0.717, 1.165) is 29.0 Å². The molecule has 0 saturated heterocycles. The lowest BCUT2D eigenvalue weighted by atomic mass is 10.0. The van der Waals surface area contributed by atoms with Gasteiger partial charge in [0.25, 0.3) is 0 Å². The Bertz CT molecular complexity index is 846. The normalized spacial score (nSPS) is 16.4. The van der Waals surface area contributed by atoms with Crippen LogP contribution in [0.4, 0.5) is 5.69 Å².